The highest BCUT2D eigenvalue weighted by Crippen LogP contribution is 2.30. The van der Waals surface area contributed by atoms with E-state index in [9.17, 15) is 13.2 Å². The minimum absolute atomic E-state index is 0.502. The lowest BCUT2D eigenvalue weighted by Crippen LogP contribution is -2.08. The topological polar surface area (TPSA) is 29.9 Å². The highest BCUT2D eigenvalue weighted by atomic mass is 19.4. The molecular formula is C20H22F3N3. The van der Waals surface area contributed by atoms with Gasteiger partial charge in [-0.15, -0.1) is 0 Å². The Labute approximate surface area is 150 Å². The first-order chi connectivity index (χ1) is 12.5. The molecule has 0 atom stereocenters. The number of benzene rings is 2. The number of halogens is 3. The van der Waals surface area contributed by atoms with Gasteiger partial charge in [0.2, 0.25) is 0 Å². The second-order valence-corrected chi connectivity index (χ2v) is 6.23. The first kappa shape index (κ1) is 18.3. The van der Waals surface area contributed by atoms with E-state index in [0.29, 0.717) is 12.2 Å². The van der Waals surface area contributed by atoms with E-state index in [0.717, 1.165) is 54.8 Å². The molecule has 0 aliphatic carbocycles. The molecule has 0 saturated heterocycles. The van der Waals surface area contributed by atoms with E-state index in [-0.39, 0.29) is 0 Å². The number of unbranched alkanes of at least 4 members (excludes halogenated alkanes) is 1. The average Bonchev–Trinajstić information content (AvgIpc) is 2.99. The SMILES string of the molecule is CCc1nc2ccccc2n1CCCCNc1cccc(C(F)(F)F)c1. The van der Waals surface area contributed by atoms with Gasteiger partial charge in [0.05, 0.1) is 16.6 Å². The standard InChI is InChI=1S/C20H22F3N3/c1-2-19-25-17-10-3-4-11-18(17)26(19)13-6-5-12-24-16-9-7-8-15(14-16)20(21,22)23/h3-4,7-11,14,24H,2,5-6,12-13H2,1H3. The third-order valence-electron chi connectivity index (χ3n) is 4.38. The van der Waals surface area contributed by atoms with E-state index in [4.69, 9.17) is 0 Å². The Morgan fingerprint density at radius 3 is 2.62 bits per heavy atom. The highest BCUT2D eigenvalue weighted by Gasteiger charge is 2.30. The van der Waals surface area contributed by atoms with Gasteiger partial charge >= 0.3 is 6.18 Å². The fraction of sp³-hybridized carbons (Fsp3) is 0.350. The number of hydrogen-bond donors (Lipinski definition) is 1. The van der Waals surface area contributed by atoms with Crippen LogP contribution < -0.4 is 5.32 Å². The van der Waals surface area contributed by atoms with E-state index >= 15 is 0 Å². The maximum Gasteiger partial charge on any atom is 0.416 e. The number of imidazole rings is 1. The van der Waals surface area contributed by atoms with Crippen LogP contribution in [0.2, 0.25) is 0 Å². The van der Waals surface area contributed by atoms with Crippen LogP contribution in [0.4, 0.5) is 18.9 Å². The summed E-state index contributed by atoms with van der Waals surface area (Å²) in [6.07, 6.45) is -1.64. The van der Waals surface area contributed by atoms with Crippen molar-refractivity contribution in [1.29, 1.82) is 0 Å². The molecule has 0 saturated carbocycles. The largest absolute Gasteiger partial charge is 0.416 e. The number of alkyl halides is 3. The van der Waals surface area contributed by atoms with Gasteiger partial charge in [0, 0.05) is 25.2 Å². The highest BCUT2D eigenvalue weighted by molar-refractivity contribution is 5.75. The van der Waals surface area contributed by atoms with Crippen molar-refractivity contribution in [2.75, 3.05) is 11.9 Å². The quantitative estimate of drug-likeness (QED) is 0.562. The van der Waals surface area contributed by atoms with Crippen molar-refractivity contribution in [2.45, 2.75) is 38.9 Å². The molecule has 3 aromatic rings. The van der Waals surface area contributed by atoms with Gasteiger partial charge in [-0.2, -0.15) is 13.2 Å². The molecule has 0 bridgehead atoms. The fourth-order valence-electron chi connectivity index (χ4n) is 3.08. The number of anilines is 1. The summed E-state index contributed by atoms with van der Waals surface area (Å²) in [6.45, 7) is 3.58. The molecule has 2 aromatic carbocycles. The maximum absolute atomic E-state index is 12.7. The van der Waals surface area contributed by atoms with E-state index < -0.39 is 11.7 Å². The predicted octanol–water partition coefficient (Wildman–Crippen LogP) is 5.51. The summed E-state index contributed by atoms with van der Waals surface area (Å²) in [5.41, 5.74) is 2.02. The molecular weight excluding hydrogens is 339 g/mol. The Kier molecular flexibility index (Phi) is 5.49. The second kappa shape index (κ2) is 7.81. The average molecular weight is 361 g/mol. The molecule has 138 valence electrons. The van der Waals surface area contributed by atoms with Gasteiger partial charge in [0.1, 0.15) is 5.82 Å². The number of fused-ring (bicyclic) bond motifs is 1. The number of aryl methyl sites for hydroxylation is 2. The summed E-state index contributed by atoms with van der Waals surface area (Å²) in [4.78, 5) is 4.65. The van der Waals surface area contributed by atoms with Crippen molar-refractivity contribution >= 4 is 16.7 Å². The van der Waals surface area contributed by atoms with Crippen LogP contribution in [0.15, 0.2) is 48.5 Å². The van der Waals surface area contributed by atoms with E-state index in [1.54, 1.807) is 6.07 Å². The van der Waals surface area contributed by atoms with Crippen molar-refractivity contribution in [1.82, 2.24) is 9.55 Å². The van der Waals surface area contributed by atoms with Crippen LogP contribution in [-0.2, 0) is 19.1 Å². The Bertz CT molecular complexity index is 868. The molecule has 6 heteroatoms. The van der Waals surface area contributed by atoms with Crippen molar-refractivity contribution in [3.63, 3.8) is 0 Å². The third kappa shape index (κ3) is 4.18. The molecule has 0 radical (unpaired) electrons. The Hall–Kier alpha value is -2.50. The lowest BCUT2D eigenvalue weighted by atomic mass is 10.2. The monoisotopic (exact) mass is 361 g/mol. The smallest absolute Gasteiger partial charge is 0.385 e. The minimum atomic E-state index is -4.31. The van der Waals surface area contributed by atoms with Gasteiger partial charge in [-0.25, -0.2) is 4.98 Å². The second-order valence-electron chi connectivity index (χ2n) is 6.23. The molecule has 1 aromatic heterocycles. The van der Waals surface area contributed by atoms with Crippen LogP contribution in [-0.4, -0.2) is 16.1 Å². The Morgan fingerprint density at radius 2 is 1.85 bits per heavy atom. The summed E-state index contributed by atoms with van der Waals surface area (Å²) in [7, 11) is 0. The summed E-state index contributed by atoms with van der Waals surface area (Å²) in [5, 5.41) is 3.08. The number of aromatic nitrogens is 2. The molecule has 0 aliphatic heterocycles. The molecule has 0 fully saturated rings. The molecule has 3 nitrogen and oxygen atoms in total. The number of nitrogens with one attached hydrogen (secondary N) is 1. The van der Waals surface area contributed by atoms with Gasteiger partial charge in [-0.05, 0) is 43.2 Å². The predicted molar refractivity (Wildman–Crippen MR) is 98.3 cm³/mol. The van der Waals surface area contributed by atoms with Crippen LogP contribution in [0.1, 0.15) is 31.2 Å². The van der Waals surface area contributed by atoms with Crippen LogP contribution in [0, 0.1) is 0 Å². The molecule has 0 spiro atoms. The summed E-state index contributed by atoms with van der Waals surface area (Å²) < 4.78 is 40.4. The first-order valence-corrected chi connectivity index (χ1v) is 8.84. The molecule has 1 heterocycles. The zero-order valence-electron chi connectivity index (χ0n) is 14.7. The van der Waals surface area contributed by atoms with E-state index in [1.165, 1.54) is 6.07 Å². The van der Waals surface area contributed by atoms with Crippen molar-refractivity contribution in [3.05, 3.63) is 59.9 Å². The van der Waals surface area contributed by atoms with Gasteiger partial charge in [-0.1, -0.05) is 25.1 Å². The van der Waals surface area contributed by atoms with Gasteiger partial charge in [0.15, 0.2) is 0 Å². The van der Waals surface area contributed by atoms with Gasteiger partial charge in [-0.3, -0.25) is 0 Å². The maximum atomic E-state index is 12.7. The molecule has 26 heavy (non-hydrogen) atoms. The summed E-state index contributed by atoms with van der Waals surface area (Å²) in [5.74, 6) is 1.07. The van der Waals surface area contributed by atoms with Gasteiger partial charge in [0.25, 0.3) is 0 Å². The molecule has 0 amide bonds. The number of para-hydroxylation sites is 2. The number of nitrogens with zero attached hydrogens (tertiary/aromatic N) is 2. The zero-order valence-corrected chi connectivity index (χ0v) is 14.7. The normalized spacial score (nSPS) is 11.8. The van der Waals surface area contributed by atoms with Gasteiger partial charge < -0.3 is 9.88 Å². The Balaban J connectivity index is 1.54. The summed E-state index contributed by atoms with van der Waals surface area (Å²) >= 11 is 0. The summed E-state index contributed by atoms with van der Waals surface area (Å²) in [6, 6.07) is 13.4. The lowest BCUT2D eigenvalue weighted by Gasteiger charge is -2.11. The molecule has 3 rings (SSSR count). The van der Waals surface area contributed by atoms with Crippen molar-refractivity contribution < 1.29 is 13.2 Å². The van der Waals surface area contributed by atoms with Crippen molar-refractivity contribution in [3.8, 4) is 0 Å². The van der Waals surface area contributed by atoms with Crippen molar-refractivity contribution in [2.24, 2.45) is 0 Å². The van der Waals surface area contributed by atoms with Crippen LogP contribution in [0.25, 0.3) is 11.0 Å². The number of hydrogen-bond acceptors (Lipinski definition) is 2. The van der Waals surface area contributed by atoms with E-state index in [1.807, 2.05) is 18.2 Å². The first-order valence-electron chi connectivity index (χ1n) is 8.84. The Morgan fingerprint density at radius 1 is 1.04 bits per heavy atom. The lowest BCUT2D eigenvalue weighted by molar-refractivity contribution is -0.137. The zero-order chi connectivity index (χ0) is 18.6. The molecule has 0 unspecified atom stereocenters. The van der Waals surface area contributed by atoms with E-state index in [2.05, 4.69) is 27.9 Å². The van der Waals surface area contributed by atoms with Crippen LogP contribution in [0.5, 0.6) is 0 Å². The third-order valence-corrected chi connectivity index (χ3v) is 4.38. The fourth-order valence-corrected chi connectivity index (χ4v) is 3.08. The van der Waals surface area contributed by atoms with Crippen LogP contribution in [0.3, 0.4) is 0 Å². The minimum Gasteiger partial charge on any atom is -0.385 e. The molecule has 1 N–H and O–H groups in total. The number of rotatable bonds is 7. The molecule has 0 aliphatic rings. The van der Waals surface area contributed by atoms with Crippen LogP contribution >= 0.6 is 0 Å².